The van der Waals surface area contributed by atoms with Gasteiger partial charge in [0, 0.05) is 22.3 Å². The number of carbonyl (C=O) groups excluding carboxylic acids is 3. The van der Waals surface area contributed by atoms with Crippen molar-refractivity contribution in [3.63, 3.8) is 0 Å². The fourth-order valence-electron chi connectivity index (χ4n) is 5.06. The molecule has 0 saturated heterocycles. The van der Waals surface area contributed by atoms with Gasteiger partial charge in [-0.2, -0.15) is 0 Å². The summed E-state index contributed by atoms with van der Waals surface area (Å²) in [5.74, 6) is -1.16. The van der Waals surface area contributed by atoms with Gasteiger partial charge in [0.2, 0.25) is 0 Å². The molecule has 0 spiro atoms. The monoisotopic (exact) mass is 546 g/mol. The summed E-state index contributed by atoms with van der Waals surface area (Å²) in [4.78, 5) is 39.3. The van der Waals surface area contributed by atoms with Gasteiger partial charge in [-0.15, -0.1) is 0 Å². The maximum absolute atomic E-state index is 13.3. The molecule has 1 N–H and O–H groups in total. The zero-order valence-electron chi connectivity index (χ0n) is 23.4. The molecule has 4 aromatic carbocycles. The summed E-state index contributed by atoms with van der Waals surface area (Å²) in [6, 6.07) is 27.1. The van der Waals surface area contributed by atoms with Crippen molar-refractivity contribution in [3.8, 4) is 11.4 Å². The highest BCUT2D eigenvalue weighted by atomic mass is 16.5. The van der Waals surface area contributed by atoms with E-state index in [1.54, 1.807) is 55.5 Å². The Bertz CT molecular complexity index is 1770. The Balaban J connectivity index is 1.48. The molecule has 0 fully saturated rings. The molecule has 0 aliphatic heterocycles. The minimum absolute atomic E-state index is 0.203. The number of fused-ring (bicyclic) bond motifs is 1. The van der Waals surface area contributed by atoms with Crippen molar-refractivity contribution in [1.29, 1.82) is 0 Å². The molecule has 206 valence electrons. The molecule has 7 nitrogen and oxygen atoms in total. The molecule has 0 aliphatic carbocycles. The van der Waals surface area contributed by atoms with Crippen molar-refractivity contribution in [3.05, 3.63) is 125 Å². The van der Waals surface area contributed by atoms with Crippen LogP contribution in [0.25, 0.3) is 16.6 Å². The average molecular weight is 547 g/mol. The normalized spacial score (nSPS) is 10.8. The Labute approximate surface area is 238 Å². The van der Waals surface area contributed by atoms with Crippen molar-refractivity contribution in [2.24, 2.45) is 0 Å². The predicted molar refractivity (Wildman–Crippen MR) is 159 cm³/mol. The van der Waals surface area contributed by atoms with E-state index < -0.39 is 11.9 Å². The van der Waals surface area contributed by atoms with Crippen LogP contribution < -0.4 is 10.1 Å². The number of rotatable bonds is 7. The van der Waals surface area contributed by atoms with Crippen LogP contribution in [-0.2, 0) is 4.74 Å². The second-order valence-corrected chi connectivity index (χ2v) is 9.80. The smallest absolute Gasteiger partial charge is 0.345 e. The molecular formula is C34H30N2O5. The van der Waals surface area contributed by atoms with Crippen molar-refractivity contribution in [2.75, 3.05) is 11.9 Å². The number of anilines is 1. The second kappa shape index (κ2) is 11.5. The maximum Gasteiger partial charge on any atom is 0.345 e. The number of aromatic nitrogens is 1. The number of ether oxygens (including phenoxy) is 2. The molecule has 1 heterocycles. The number of hydrogen-bond acceptors (Lipinski definition) is 5. The molecule has 0 atom stereocenters. The van der Waals surface area contributed by atoms with Gasteiger partial charge >= 0.3 is 11.9 Å². The lowest BCUT2D eigenvalue weighted by Gasteiger charge is -2.12. The second-order valence-electron chi connectivity index (χ2n) is 9.80. The van der Waals surface area contributed by atoms with Gasteiger partial charge in [0.1, 0.15) is 5.75 Å². The van der Waals surface area contributed by atoms with Crippen LogP contribution in [-0.4, -0.2) is 29.0 Å². The van der Waals surface area contributed by atoms with Crippen LogP contribution >= 0.6 is 0 Å². The van der Waals surface area contributed by atoms with Crippen LogP contribution in [0.3, 0.4) is 0 Å². The van der Waals surface area contributed by atoms with E-state index in [9.17, 15) is 14.4 Å². The summed E-state index contributed by atoms with van der Waals surface area (Å²) in [5.41, 5.74) is 5.77. The fourth-order valence-corrected chi connectivity index (χ4v) is 5.06. The Kier molecular flexibility index (Phi) is 7.70. The highest BCUT2D eigenvalue weighted by Crippen LogP contribution is 2.33. The number of amides is 1. The fraction of sp³-hybridized carbons (Fsp3) is 0.147. The van der Waals surface area contributed by atoms with E-state index in [2.05, 4.69) is 5.32 Å². The van der Waals surface area contributed by atoms with E-state index in [4.69, 9.17) is 9.47 Å². The predicted octanol–water partition coefficient (Wildman–Crippen LogP) is 7.20. The lowest BCUT2D eigenvalue weighted by molar-refractivity contribution is 0.0527. The molecule has 1 amide bonds. The van der Waals surface area contributed by atoms with E-state index >= 15 is 0 Å². The molecule has 41 heavy (non-hydrogen) atoms. The number of nitrogens with one attached hydrogen (secondary N) is 1. The Morgan fingerprint density at radius 2 is 1.46 bits per heavy atom. The largest absolute Gasteiger partial charge is 0.462 e. The van der Waals surface area contributed by atoms with Gasteiger partial charge in [0.05, 0.1) is 28.9 Å². The first-order valence-corrected chi connectivity index (χ1v) is 13.3. The lowest BCUT2D eigenvalue weighted by Crippen LogP contribution is -2.17. The average Bonchev–Trinajstić information content (AvgIpc) is 3.24. The highest BCUT2D eigenvalue weighted by Gasteiger charge is 2.23. The Morgan fingerprint density at radius 1 is 0.780 bits per heavy atom. The van der Waals surface area contributed by atoms with Crippen molar-refractivity contribution in [1.82, 2.24) is 4.57 Å². The zero-order chi connectivity index (χ0) is 29.1. The van der Waals surface area contributed by atoms with Crippen molar-refractivity contribution in [2.45, 2.75) is 27.7 Å². The third-order valence-electron chi connectivity index (χ3n) is 6.76. The quantitative estimate of drug-likeness (QED) is 0.172. The first kappa shape index (κ1) is 27.4. The van der Waals surface area contributed by atoms with Gasteiger partial charge in [-0.25, -0.2) is 9.59 Å². The summed E-state index contributed by atoms with van der Waals surface area (Å²) in [6.45, 7) is 7.70. The van der Waals surface area contributed by atoms with E-state index in [1.165, 1.54) is 0 Å². The third kappa shape index (κ3) is 5.61. The van der Waals surface area contributed by atoms with Crippen LogP contribution in [0.4, 0.5) is 5.69 Å². The van der Waals surface area contributed by atoms with Crippen LogP contribution in [0.5, 0.6) is 5.75 Å². The summed E-state index contributed by atoms with van der Waals surface area (Å²) < 4.78 is 13.1. The molecule has 0 radical (unpaired) electrons. The van der Waals surface area contributed by atoms with Gasteiger partial charge in [-0.05, 0) is 82.3 Å². The molecule has 0 unspecified atom stereocenters. The highest BCUT2D eigenvalue weighted by molar-refractivity contribution is 6.09. The van der Waals surface area contributed by atoms with E-state index in [0.717, 1.165) is 22.3 Å². The third-order valence-corrected chi connectivity index (χ3v) is 6.76. The summed E-state index contributed by atoms with van der Waals surface area (Å²) in [7, 11) is 0. The van der Waals surface area contributed by atoms with E-state index in [1.807, 2.05) is 67.8 Å². The molecule has 5 rings (SSSR count). The van der Waals surface area contributed by atoms with Gasteiger partial charge in [-0.3, -0.25) is 4.79 Å². The number of aryl methyl sites for hydroxylation is 2. The number of benzene rings is 4. The minimum atomic E-state index is -0.641. The number of para-hydroxylation sites is 2. The van der Waals surface area contributed by atoms with Crippen LogP contribution in [0, 0.1) is 20.8 Å². The molecule has 0 aliphatic rings. The number of esters is 2. The maximum atomic E-state index is 13.3. The number of carbonyl (C=O) groups is 3. The summed E-state index contributed by atoms with van der Waals surface area (Å²) in [5, 5.41) is 3.44. The van der Waals surface area contributed by atoms with E-state index in [-0.39, 0.29) is 23.8 Å². The molecule has 0 bridgehead atoms. The zero-order valence-corrected chi connectivity index (χ0v) is 23.4. The lowest BCUT2D eigenvalue weighted by atomic mass is 10.1. The SMILES string of the molecule is CCOC(=O)c1c(C)n(-c2ccccc2)c2ccc(OC(=O)c3ccccc3NC(=O)c3cc(C)cc(C)c3)cc12. The van der Waals surface area contributed by atoms with Crippen LogP contribution in [0.2, 0.25) is 0 Å². The van der Waals surface area contributed by atoms with Crippen molar-refractivity contribution < 1.29 is 23.9 Å². The van der Waals surface area contributed by atoms with Gasteiger partial charge in [-0.1, -0.05) is 47.5 Å². The van der Waals surface area contributed by atoms with Crippen LogP contribution in [0.1, 0.15) is 54.8 Å². The molecule has 0 saturated carbocycles. The Hall–Kier alpha value is -5.17. The van der Waals surface area contributed by atoms with Gasteiger partial charge in [0.25, 0.3) is 5.91 Å². The minimum Gasteiger partial charge on any atom is -0.462 e. The molecule has 1 aromatic heterocycles. The summed E-state index contributed by atoms with van der Waals surface area (Å²) >= 11 is 0. The number of nitrogens with zero attached hydrogens (tertiary/aromatic N) is 1. The van der Waals surface area contributed by atoms with Gasteiger partial charge < -0.3 is 19.4 Å². The number of hydrogen-bond donors (Lipinski definition) is 1. The first-order chi connectivity index (χ1) is 19.8. The van der Waals surface area contributed by atoms with Gasteiger partial charge in [0.15, 0.2) is 0 Å². The van der Waals surface area contributed by atoms with Crippen molar-refractivity contribution >= 4 is 34.4 Å². The van der Waals surface area contributed by atoms with Crippen LogP contribution in [0.15, 0.2) is 91.0 Å². The topological polar surface area (TPSA) is 86.6 Å². The Morgan fingerprint density at radius 3 is 2.17 bits per heavy atom. The first-order valence-electron chi connectivity index (χ1n) is 13.3. The summed E-state index contributed by atoms with van der Waals surface area (Å²) in [6.07, 6.45) is 0. The molecular weight excluding hydrogens is 516 g/mol. The standard InChI is InChI=1S/C34H30N2O5/c1-5-40-34(39)31-23(4)36(25-11-7-6-8-12-25)30-16-15-26(20-28(30)31)41-33(38)27-13-9-10-14-29(27)35-32(37)24-18-21(2)17-22(3)19-24/h6-20H,5H2,1-4H3,(H,35,37). The van der Waals surface area contributed by atoms with E-state index in [0.29, 0.717) is 27.9 Å². The molecule has 5 aromatic rings. The molecule has 7 heteroatoms.